The molecule has 1 heterocycles. The highest BCUT2D eigenvalue weighted by molar-refractivity contribution is 9.10. The third kappa shape index (κ3) is 3.95. The maximum atomic E-state index is 12.4. The van der Waals surface area contributed by atoms with Crippen LogP contribution >= 0.6 is 27.5 Å². The predicted molar refractivity (Wildman–Crippen MR) is 76.3 cm³/mol. The molecule has 0 aliphatic carbocycles. The summed E-state index contributed by atoms with van der Waals surface area (Å²) in [5.74, 6) is -0.633. The number of hydrogen-bond donors (Lipinski definition) is 1. The highest BCUT2D eigenvalue weighted by Gasteiger charge is 2.30. The number of alkyl halides is 3. The van der Waals surface area contributed by atoms with E-state index in [-0.39, 0.29) is 5.69 Å². The van der Waals surface area contributed by atoms with Crippen LogP contribution in [0, 0.1) is 0 Å². The zero-order valence-electron chi connectivity index (χ0n) is 10.2. The molecule has 0 radical (unpaired) electrons. The Morgan fingerprint density at radius 2 is 1.95 bits per heavy atom. The molecule has 0 fully saturated rings. The number of aromatic nitrogens is 1. The van der Waals surface area contributed by atoms with Crippen LogP contribution in [0.15, 0.2) is 41.0 Å². The van der Waals surface area contributed by atoms with Crippen LogP contribution in [0.3, 0.4) is 0 Å². The average Bonchev–Trinajstić information content (AvgIpc) is 2.42. The van der Waals surface area contributed by atoms with Gasteiger partial charge in [0.2, 0.25) is 0 Å². The molecule has 0 saturated carbocycles. The Kier molecular flexibility index (Phi) is 4.53. The molecule has 1 aromatic carbocycles. The largest absolute Gasteiger partial charge is 0.417 e. The molecular weight excluding hydrogens is 373 g/mol. The zero-order chi connectivity index (χ0) is 15.6. The summed E-state index contributed by atoms with van der Waals surface area (Å²) in [6, 6.07) is 6.58. The minimum atomic E-state index is -4.49. The second-order valence-electron chi connectivity index (χ2n) is 4.01. The topological polar surface area (TPSA) is 42.0 Å². The Bertz CT molecular complexity index is 674. The summed E-state index contributed by atoms with van der Waals surface area (Å²) in [6.45, 7) is 0. The predicted octanol–water partition coefficient (Wildman–Crippen LogP) is 4.77. The van der Waals surface area contributed by atoms with Crippen molar-refractivity contribution in [2.45, 2.75) is 6.18 Å². The summed E-state index contributed by atoms with van der Waals surface area (Å²) in [4.78, 5) is 15.4. The quantitative estimate of drug-likeness (QED) is 0.817. The Morgan fingerprint density at radius 3 is 2.52 bits per heavy atom. The van der Waals surface area contributed by atoms with Gasteiger partial charge < -0.3 is 5.32 Å². The van der Waals surface area contributed by atoms with Gasteiger partial charge in [-0.1, -0.05) is 11.6 Å². The van der Waals surface area contributed by atoms with E-state index < -0.39 is 17.6 Å². The molecule has 110 valence electrons. The Hall–Kier alpha value is -1.60. The van der Waals surface area contributed by atoms with Crippen molar-refractivity contribution >= 4 is 39.1 Å². The van der Waals surface area contributed by atoms with E-state index in [4.69, 9.17) is 11.6 Å². The molecule has 1 aromatic heterocycles. The summed E-state index contributed by atoms with van der Waals surface area (Å²) < 4.78 is 37.8. The molecule has 2 rings (SSSR count). The molecule has 8 heteroatoms. The van der Waals surface area contributed by atoms with Crippen molar-refractivity contribution < 1.29 is 18.0 Å². The average molecular weight is 380 g/mol. The van der Waals surface area contributed by atoms with Crippen molar-refractivity contribution in [3.63, 3.8) is 0 Å². The van der Waals surface area contributed by atoms with Gasteiger partial charge in [0.1, 0.15) is 5.69 Å². The van der Waals surface area contributed by atoms with Crippen LogP contribution in [-0.2, 0) is 6.18 Å². The highest BCUT2D eigenvalue weighted by Crippen LogP contribution is 2.29. The van der Waals surface area contributed by atoms with Crippen LogP contribution < -0.4 is 5.32 Å². The van der Waals surface area contributed by atoms with Gasteiger partial charge in [-0.15, -0.1) is 0 Å². The third-order valence-corrected chi connectivity index (χ3v) is 3.43. The number of anilines is 1. The normalized spacial score (nSPS) is 11.3. The first-order valence-electron chi connectivity index (χ1n) is 5.57. The second-order valence-corrected chi connectivity index (χ2v) is 5.30. The molecule has 3 nitrogen and oxygen atoms in total. The van der Waals surface area contributed by atoms with Gasteiger partial charge in [0, 0.05) is 15.7 Å². The van der Waals surface area contributed by atoms with Crippen LogP contribution in [0.25, 0.3) is 0 Å². The summed E-state index contributed by atoms with van der Waals surface area (Å²) >= 11 is 9.03. The van der Waals surface area contributed by atoms with Gasteiger partial charge in [0.15, 0.2) is 0 Å². The van der Waals surface area contributed by atoms with E-state index in [2.05, 4.69) is 26.2 Å². The van der Waals surface area contributed by atoms with E-state index in [9.17, 15) is 18.0 Å². The fraction of sp³-hybridized carbons (Fsp3) is 0.0769. The highest BCUT2D eigenvalue weighted by atomic mass is 79.9. The minimum absolute atomic E-state index is 0.130. The molecule has 0 bridgehead atoms. The maximum Gasteiger partial charge on any atom is 0.417 e. The molecule has 0 saturated heterocycles. The van der Waals surface area contributed by atoms with Gasteiger partial charge >= 0.3 is 6.18 Å². The van der Waals surface area contributed by atoms with Crippen molar-refractivity contribution in [2.75, 3.05) is 5.32 Å². The van der Waals surface area contributed by atoms with Gasteiger partial charge in [-0.05, 0) is 46.3 Å². The van der Waals surface area contributed by atoms with Crippen molar-refractivity contribution in [1.82, 2.24) is 4.98 Å². The number of halogens is 5. The van der Waals surface area contributed by atoms with E-state index in [1.54, 1.807) is 12.1 Å². The molecule has 0 atom stereocenters. The number of carbonyl (C=O) groups is 1. The summed E-state index contributed by atoms with van der Waals surface area (Å²) in [6.07, 6.45) is -3.88. The second kappa shape index (κ2) is 6.03. The lowest BCUT2D eigenvalue weighted by Gasteiger charge is -2.09. The van der Waals surface area contributed by atoms with Gasteiger partial charge in [-0.3, -0.25) is 9.78 Å². The summed E-state index contributed by atoms with van der Waals surface area (Å²) in [7, 11) is 0. The Morgan fingerprint density at radius 1 is 1.24 bits per heavy atom. The summed E-state index contributed by atoms with van der Waals surface area (Å²) in [5, 5.41) is 2.92. The number of pyridine rings is 1. The first kappa shape index (κ1) is 15.8. The van der Waals surface area contributed by atoms with E-state index in [0.717, 1.165) is 12.1 Å². The fourth-order valence-electron chi connectivity index (χ4n) is 1.48. The lowest BCUT2D eigenvalue weighted by atomic mass is 10.2. The molecule has 2 aromatic rings. The number of carbonyl (C=O) groups excluding carboxylic acids is 1. The molecule has 1 amide bonds. The molecule has 0 aliphatic heterocycles. The van der Waals surface area contributed by atoms with Crippen molar-refractivity contribution in [3.8, 4) is 0 Å². The number of rotatable bonds is 2. The van der Waals surface area contributed by atoms with Gasteiger partial charge in [0.25, 0.3) is 5.91 Å². The van der Waals surface area contributed by atoms with Crippen LogP contribution in [0.1, 0.15) is 16.1 Å². The Labute approximate surface area is 131 Å². The van der Waals surface area contributed by atoms with Gasteiger partial charge in [0.05, 0.1) is 11.3 Å². The number of nitrogens with one attached hydrogen (secondary N) is 1. The molecule has 0 unspecified atom stereocenters. The van der Waals surface area contributed by atoms with Crippen molar-refractivity contribution in [2.24, 2.45) is 0 Å². The first-order chi connectivity index (χ1) is 9.77. The molecule has 1 N–H and O–H groups in total. The molecule has 0 aliphatic rings. The fourth-order valence-corrected chi connectivity index (χ4v) is 1.99. The SMILES string of the molecule is O=C(Nc1cc(Cl)ccc1Br)c1ccc(C(F)(F)F)cn1. The van der Waals surface area contributed by atoms with E-state index >= 15 is 0 Å². The number of hydrogen-bond acceptors (Lipinski definition) is 2. The van der Waals surface area contributed by atoms with Crippen molar-refractivity contribution in [3.05, 3.63) is 57.3 Å². The van der Waals surface area contributed by atoms with Crippen molar-refractivity contribution in [1.29, 1.82) is 0 Å². The lowest BCUT2D eigenvalue weighted by molar-refractivity contribution is -0.137. The van der Waals surface area contributed by atoms with Gasteiger partial charge in [-0.2, -0.15) is 13.2 Å². The van der Waals surface area contributed by atoms with Crippen LogP contribution in [0.5, 0.6) is 0 Å². The van der Waals surface area contributed by atoms with Crippen LogP contribution in [0.2, 0.25) is 5.02 Å². The standard InChI is InChI=1S/C13H7BrClF3N2O/c14-9-3-2-8(15)5-11(9)20-12(21)10-4-1-7(6-19-10)13(16,17)18/h1-6H,(H,20,21). The smallest absolute Gasteiger partial charge is 0.320 e. The summed E-state index contributed by atoms with van der Waals surface area (Å²) in [5.41, 5.74) is -0.646. The number of nitrogens with zero attached hydrogens (tertiary/aromatic N) is 1. The lowest BCUT2D eigenvalue weighted by Crippen LogP contribution is -2.15. The molecule has 0 spiro atoms. The third-order valence-electron chi connectivity index (χ3n) is 2.50. The van der Waals surface area contributed by atoms with E-state index in [1.807, 2.05) is 0 Å². The zero-order valence-corrected chi connectivity index (χ0v) is 12.6. The molecule has 21 heavy (non-hydrogen) atoms. The maximum absolute atomic E-state index is 12.4. The minimum Gasteiger partial charge on any atom is -0.320 e. The Balaban J connectivity index is 2.19. The first-order valence-corrected chi connectivity index (χ1v) is 6.74. The number of benzene rings is 1. The van der Waals surface area contributed by atoms with E-state index in [0.29, 0.717) is 21.4 Å². The van der Waals surface area contributed by atoms with E-state index in [1.165, 1.54) is 6.07 Å². The van der Waals surface area contributed by atoms with Crippen LogP contribution in [-0.4, -0.2) is 10.9 Å². The van der Waals surface area contributed by atoms with Crippen LogP contribution in [0.4, 0.5) is 18.9 Å². The van der Waals surface area contributed by atoms with Gasteiger partial charge in [-0.25, -0.2) is 0 Å². The number of amides is 1. The molecular formula is C13H7BrClF3N2O. The monoisotopic (exact) mass is 378 g/mol.